The van der Waals surface area contributed by atoms with Crippen LogP contribution in [0.15, 0.2) is 66.9 Å². The minimum absolute atomic E-state index is 0.150. The van der Waals surface area contributed by atoms with Crippen LogP contribution in [0.5, 0.6) is 0 Å². The quantitative estimate of drug-likeness (QED) is 0.643. The average molecular weight is 459 g/mol. The summed E-state index contributed by atoms with van der Waals surface area (Å²) in [5, 5.41) is 4.53. The highest BCUT2D eigenvalue weighted by Crippen LogP contribution is 2.29. The third-order valence-corrected chi connectivity index (χ3v) is 5.92. The normalized spacial score (nSPS) is 20.3. The number of pyridine rings is 1. The predicted molar refractivity (Wildman–Crippen MR) is 123 cm³/mol. The lowest BCUT2D eigenvalue weighted by molar-refractivity contribution is -0.137. The molecule has 0 bridgehead atoms. The van der Waals surface area contributed by atoms with Crippen molar-refractivity contribution in [3.63, 3.8) is 0 Å². The highest BCUT2D eigenvalue weighted by atomic mass is 19.4. The lowest BCUT2D eigenvalue weighted by Gasteiger charge is -2.40. The predicted octanol–water partition coefficient (Wildman–Crippen LogP) is 4.00. The van der Waals surface area contributed by atoms with Crippen molar-refractivity contribution in [1.82, 2.24) is 20.1 Å². The van der Waals surface area contributed by atoms with E-state index in [1.54, 1.807) is 12.1 Å². The number of hydrogen-bond acceptors (Lipinski definition) is 5. The van der Waals surface area contributed by atoms with Crippen LogP contribution in [0, 0.1) is 0 Å². The van der Waals surface area contributed by atoms with E-state index < -0.39 is 11.7 Å². The number of alkyl halides is 3. The Morgan fingerprint density at radius 3 is 2.33 bits per heavy atom. The molecule has 0 amide bonds. The summed E-state index contributed by atoms with van der Waals surface area (Å²) in [6.07, 6.45) is -2.31. The number of rotatable bonds is 3. The number of nitrogens with zero attached hydrogens (tertiary/aromatic N) is 3. The fraction of sp³-hybridized carbons (Fsp3) is 0.400. The van der Waals surface area contributed by atoms with Crippen LogP contribution in [0.1, 0.15) is 11.1 Å². The number of nitrogens with one attached hydrogen (secondary N) is 1. The van der Waals surface area contributed by atoms with E-state index in [-0.39, 0.29) is 6.23 Å². The zero-order valence-electron chi connectivity index (χ0n) is 18.5. The number of fused-ring (bicyclic) bond motifs is 1. The Kier molecular flexibility index (Phi) is 7.93. The Labute approximate surface area is 192 Å². The molecule has 5 nitrogen and oxygen atoms in total. The molecule has 0 saturated carbocycles. The fourth-order valence-corrected chi connectivity index (χ4v) is 4.07. The molecule has 0 spiro atoms. The first-order valence-corrected chi connectivity index (χ1v) is 11.2. The first-order valence-electron chi connectivity index (χ1n) is 11.2. The van der Waals surface area contributed by atoms with E-state index in [0.717, 1.165) is 69.1 Å². The molecule has 1 atom stereocenters. The van der Waals surface area contributed by atoms with E-state index >= 15 is 0 Å². The summed E-state index contributed by atoms with van der Waals surface area (Å²) >= 11 is 0. The van der Waals surface area contributed by atoms with Crippen LogP contribution in [0.25, 0.3) is 10.9 Å². The van der Waals surface area contributed by atoms with Crippen LogP contribution in [0.4, 0.5) is 13.2 Å². The molecular formula is C25H29F3N4O. The third-order valence-electron chi connectivity index (χ3n) is 5.92. The average Bonchev–Trinajstić information content (AvgIpc) is 2.85. The van der Waals surface area contributed by atoms with Gasteiger partial charge in [-0.3, -0.25) is 14.8 Å². The van der Waals surface area contributed by atoms with Crippen molar-refractivity contribution >= 4 is 10.9 Å². The second kappa shape index (κ2) is 11.1. The number of ether oxygens (including phenoxy) is 1. The van der Waals surface area contributed by atoms with Crippen LogP contribution < -0.4 is 5.32 Å². The first kappa shape index (κ1) is 23.6. The van der Waals surface area contributed by atoms with Crippen LogP contribution >= 0.6 is 0 Å². The SMILES string of the molecule is FC(F)(F)c1ccc(CN2CCN(C3CNCCO3)CC2)cc1.c1ccc2ncccc2c1. The number of hydrogen-bond donors (Lipinski definition) is 1. The van der Waals surface area contributed by atoms with Gasteiger partial charge in [0.25, 0.3) is 0 Å². The number of morpholine rings is 1. The van der Waals surface area contributed by atoms with Crippen molar-refractivity contribution in [1.29, 1.82) is 0 Å². The van der Waals surface area contributed by atoms with Crippen molar-refractivity contribution in [3.05, 3.63) is 78.0 Å². The van der Waals surface area contributed by atoms with E-state index in [1.807, 2.05) is 30.5 Å². The summed E-state index contributed by atoms with van der Waals surface area (Å²) in [7, 11) is 0. The Bertz CT molecular complexity index is 933. The monoisotopic (exact) mass is 458 g/mol. The number of para-hydroxylation sites is 1. The van der Waals surface area contributed by atoms with Crippen molar-refractivity contribution in [2.75, 3.05) is 45.9 Å². The summed E-state index contributed by atoms with van der Waals surface area (Å²) in [5.74, 6) is 0. The molecule has 0 aliphatic carbocycles. The van der Waals surface area contributed by atoms with Gasteiger partial charge in [0.05, 0.1) is 17.7 Å². The van der Waals surface area contributed by atoms with Gasteiger partial charge in [-0.05, 0) is 29.8 Å². The Morgan fingerprint density at radius 2 is 1.67 bits per heavy atom. The second-order valence-electron chi connectivity index (χ2n) is 8.23. The second-order valence-corrected chi connectivity index (χ2v) is 8.23. The van der Waals surface area contributed by atoms with Gasteiger partial charge >= 0.3 is 6.18 Å². The largest absolute Gasteiger partial charge is 0.416 e. The molecule has 33 heavy (non-hydrogen) atoms. The molecule has 2 aromatic carbocycles. The maximum Gasteiger partial charge on any atom is 0.416 e. The molecule has 3 heterocycles. The highest BCUT2D eigenvalue weighted by molar-refractivity contribution is 5.77. The van der Waals surface area contributed by atoms with Gasteiger partial charge in [0.15, 0.2) is 0 Å². The van der Waals surface area contributed by atoms with E-state index in [0.29, 0.717) is 6.54 Å². The summed E-state index contributed by atoms with van der Waals surface area (Å²) in [4.78, 5) is 8.78. The molecule has 2 saturated heterocycles. The maximum absolute atomic E-state index is 12.6. The van der Waals surface area contributed by atoms with Gasteiger partial charge in [0, 0.05) is 57.4 Å². The minimum Gasteiger partial charge on any atom is -0.360 e. The van der Waals surface area contributed by atoms with Gasteiger partial charge in [-0.1, -0.05) is 36.4 Å². The molecular weight excluding hydrogens is 429 g/mol. The van der Waals surface area contributed by atoms with E-state index in [2.05, 4.69) is 32.2 Å². The molecule has 1 unspecified atom stereocenters. The maximum atomic E-state index is 12.6. The summed E-state index contributed by atoms with van der Waals surface area (Å²) in [6, 6.07) is 17.6. The molecule has 5 rings (SSSR count). The van der Waals surface area contributed by atoms with E-state index in [1.165, 1.54) is 5.39 Å². The van der Waals surface area contributed by atoms with Crippen LogP contribution in [-0.2, 0) is 17.5 Å². The van der Waals surface area contributed by atoms with Crippen LogP contribution in [-0.4, -0.2) is 66.9 Å². The van der Waals surface area contributed by atoms with Crippen molar-refractivity contribution in [2.24, 2.45) is 0 Å². The highest BCUT2D eigenvalue weighted by Gasteiger charge is 2.30. The Morgan fingerprint density at radius 1 is 0.939 bits per heavy atom. The zero-order valence-corrected chi connectivity index (χ0v) is 18.5. The van der Waals surface area contributed by atoms with Crippen LogP contribution in [0.2, 0.25) is 0 Å². The number of halogens is 3. The van der Waals surface area contributed by atoms with Gasteiger partial charge in [0.1, 0.15) is 6.23 Å². The van der Waals surface area contributed by atoms with Gasteiger partial charge < -0.3 is 10.1 Å². The molecule has 2 aliphatic rings. The molecule has 0 radical (unpaired) electrons. The van der Waals surface area contributed by atoms with Gasteiger partial charge in [-0.15, -0.1) is 0 Å². The summed E-state index contributed by atoms with van der Waals surface area (Å²) in [5.41, 5.74) is 1.39. The fourth-order valence-electron chi connectivity index (χ4n) is 4.07. The van der Waals surface area contributed by atoms with Crippen LogP contribution in [0.3, 0.4) is 0 Å². The smallest absolute Gasteiger partial charge is 0.360 e. The molecule has 1 aromatic heterocycles. The zero-order chi connectivity index (χ0) is 23.1. The Hall–Kier alpha value is -2.52. The standard InChI is InChI=1S/C16H22F3N3O.C9H7N/c17-16(18,19)14-3-1-13(2-4-14)12-21-6-8-22(9-7-21)15-11-20-5-10-23-15;1-2-6-9-8(4-1)5-3-7-10-9/h1-4,15,20H,5-12H2;1-7H. The number of piperazine rings is 1. The van der Waals surface area contributed by atoms with Gasteiger partial charge in [-0.2, -0.15) is 13.2 Å². The molecule has 3 aromatic rings. The molecule has 8 heteroatoms. The van der Waals surface area contributed by atoms with Crippen molar-refractivity contribution in [2.45, 2.75) is 18.9 Å². The van der Waals surface area contributed by atoms with Gasteiger partial charge in [0.2, 0.25) is 0 Å². The Balaban J connectivity index is 0.000000214. The van der Waals surface area contributed by atoms with Crippen molar-refractivity contribution in [3.8, 4) is 0 Å². The lowest BCUT2D eigenvalue weighted by atomic mass is 10.1. The number of aromatic nitrogens is 1. The van der Waals surface area contributed by atoms with E-state index in [9.17, 15) is 13.2 Å². The lowest BCUT2D eigenvalue weighted by Crippen LogP contribution is -2.55. The van der Waals surface area contributed by atoms with Gasteiger partial charge in [-0.25, -0.2) is 0 Å². The van der Waals surface area contributed by atoms with E-state index in [4.69, 9.17) is 4.74 Å². The molecule has 1 N–H and O–H groups in total. The molecule has 176 valence electrons. The number of benzene rings is 2. The first-order chi connectivity index (χ1) is 16.0. The van der Waals surface area contributed by atoms with Crippen molar-refractivity contribution < 1.29 is 17.9 Å². The summed E-state index contributed by atoms with van der Waals surface area (Å²) < 4.78 is 43.4. The molecule has 2 fully saturated rings. The molecule has 2 aliphatic heterocycles. The summed E-state index contributed by atoms with van der Waals surface area (Å²) in [6.45, 7) is 6.86. The topological polar surface area (TPSA) is 40.6 Å². The minimum atomic E-state index is -4.27. The third kappa shape index (κ3) is 6.74.